The maximum Gasteiger partial charge on any atom is 0.317 e. The number of carbonyl (C=O) groups excluding carboxylic acids is 3. The van der Waals surface area contributed by atoms with Crippen LogP contribution in [0.5, 0.6) is 0 Å². The number of amides is 3. The number of aromatic nitrogens is 2. The van der Waals surface area contributed by atoms with Gasteiger partial charge in [0.1, 0.15) is 0 Å². The van der Waals surface area contributed by atoms with E-state index in [2.05, 4.69) is 15.7 Å². The summed E-state index contributed by atoms with van der Waals surface area (Å²) in [6.07, 6.45) is 0.721. The number of esters is 1. The number of benzene rings is 1. The standard InChI is InChI=1S/C20H25N5O4/c1-3-29-17(26)9-11-21-20(28)25-12-10-16-15(13-25)18(23-24(16)2)19(27)22-14-7-5-4-6-8-14/h4-8H,3,9-13H2,1-2H3,(H,21,28)(H,22,27). The highest BCUT2D eigenvalue weighted by atomic mass is 16.5. The van der Waals surface area contributed by atoms with E-state index in [1.807, 2.05) is 18.2 Å². The molecule has 9 nitrogen and oxygen atoms in total. The van der Waals surface area contributed by atoms with E-state index in [0.29, 0.717) is 31.0 Å². The number of nitrogens with one attached hydrogen (secondary N) is 2. The Balaban J connectivity index is 1.65. The van der Waals surface area contributed by atoms with Crippen molar-refractivity contribution in [1.29, 1.82) is 0 Å². The molecule has 2 N–H and O–H groups in total. The summed E-state index contributed by atoms with van der Waals surface area (Å²) in [6, 6.07) is 8.87. The number of ether oxygens (including phenoxy) is 1. The minimum atomic E-state index is -0.346. The van der Waals surface area contributed by atoms with Gasteiger partial charge in [-0.25, -0.2) is 4.79 Å². The van der Waals surface area contributed by atoms with Gasteiger partial charge in [-0.2, -0.15) is 5.10 Å². The van der Waals surface area contributed by atoms with E-state index in [1.54, 1.807) is 35.7 Å². The molecule has 0 spiro atoms. The van der Waals surface area contributed by atoms with Crippen molar-refractivity contribution in [2.45, 2.75) is 26.3 Å². The fourth-order valence-electron chi connectivity index (χ4n) is 3.28. The van der Waals surface area contributed by atoms with Crippen LogP contribution in [0.25, 0.3) is 0 Å². The fourth-order valence-corrected chi connectivity index (χ4v) is 3.28. The van der Waals surface area contributed by atoms with Crippen molar-refractivity contribution in [2.24, 2.45) is 7.05 Å². The molecule has 1 aliphatic rings. The molecular formula is C20H25N5O4. The molecule has 0 radical (unpaired) electrons. The van der Waals surface area contributed by atoms with E-state index in [0.717, 1.165) is 11.3 Å². The second-order valence-electron chi connectivity index (χ2n) is 6.68. The Morgan fingerprint density at radius 3 is 2.69 bits per heavy atom. The molecule has 0 saturated carbocycles. The number of anilines is 1. The van der Waals surface area contributed by atoms with E-state index < -0.39 is 0 Å². The zero-order valence-corrected chi connectivity index (χ0v) is 16.6. The number of nitrogens with zero attached hydrogens (tertiary/aromatic N) is 3. The summed E-state index contributed by atoms with van der Waals surface area (Å²) < 4.78 is 6.55. The molecule has 0 bridgehead atoms. The average molecular weight is 399 g/mol. The number of hydrogen-bond acceptors (Lipinski definition) is 5. The van der Waals surface area contributed by atoms with Crippen molar-refractivity contribution in [2.75, 3.05) is 25.0 Å². The summed E-state index contributed by atoms with van der Waals surface area (Å²) in [5, 5.41) is 9.94. The summed E-state index contributed by atoms with van der Waals surface area (Å²) in [4.78, 5) is 38.2. The maximum atomic E-state index is 12.7. The Labute approximate surface area is 169 Å². The quantitative estimate of drug-likeness (QED) is 0.719. The van der Waals surface area contributed by atoms with Gasteiger partial charge in [-0.1, -0.05) is 18.2 Å². The zero-order chi connectivity index (χ0) is 20.8. The largest absolute Gasteiger partial charge is 0.466 e. The van der Waals surface area contributed by atoms with Crippen LogP contribution in [-0.2, 0) is 29.5 Å². The second kappa shape index (κ2) is 9.22. The van der Waals surface area contributed by atoms with Gasteiger partial charge in [0.05, 0.1) is 19.6 Å². The molecule has 9 heteroatoms. The monoisotopic (exact) mass is 399 g/mol. The normalized spacial score (nSPS) is 12.8. The van der Waals surface area contributed by atoms with Crippen molar-refractivity contribution < 1.29 is 19.1 Å². The van der Waals surface area contributed by atoms with Gasteiger partial charge < -0.3 is 20.3 Å². The number of aryl methyl sites for hydroxylation is 1. The van der Waals surface area contributed by atoms with Crippen LogP contribution in [0, 0.1) is 0 Å². The lowest BCUT2D eigenvalue weighted by molar-refractivity contribution is -0.142. The van der Waals surface area contributed by atoms with Crippen LogP contribution in [0.1, 0.15) is 35.1 Å². The second-order valence-corrected chi connectivity index (χ2v) is 6.68. The number of para-hydroxylation sites is 1. The Bertz CT molecular complexity index is 894. The molecule has 1 aromatic carbocycles. The number of hydrogen-bond donors (Lipinski definition) is 2. The van der Waals surface area contributed by atoms with Crippen LogP contribution in [0.3, 0.4) is 0 Å². The predicted molar refractivity (Wildman–Crippen MR) is 106 cm³/mol. The van der Waals surface area contributed by atoms with E-state index in [9.17, 15) is 14.4 Å². The highest BCUT2D eigenvalue weighted by Crippen LogP contribution is 2.23. The van der Waals surface area contributed by atoms with Gasteiger partial charge in [0.2, 0.25) is 0 Å². The molecule has 0 saturated heterocycles. The molecule has 0 atom stereocenters. The van der Waals surface area contributed by atoms with Crippen molar-refractivity contribution in [3.63, 3.8) is 0 Å². The SMILES string of the molecule is CCOC(=O)CCNC(=O)N1CCc2c(c(C(=O)Nc3ccccc3)nn2C)C1. The van der Waals surface area contributed by atoms with E-state index in [-0.39, 0.29) is 37.4 Å². The van der Waals surface area contributed by atoms with Crippen LogP contribution < -0.4 is 10.6 Å². The van der Waals surface area contributed by atoms with Crippen LogP contribution in [0.2, 0.25) is 0 Å². The Kier molecular flexibility index (Phi) is 6.48. The van der Waals surface area contributed by atoms with Gasteiger partial charge in [-0.3, -0.25) is 14.3 Å². The van der Waals surface area contributed by atoms with Crippen molar-refractivity contribution in [3.05, 3.63) is 47.3 Å². The van der Waals surface area contributed by atoms with E-state index >= 15 is 0 Å². The summed E-state index contributed by atoms with van der Waals surface area (Å²) in [5.74, 6) is -0.654. The van der Waals surface area contributed by atoms with E-state index in [4.69, 9.17) is 4.74 Å². The first-order chi connectivity index (χ1) is 14.0. The first-order valence-electron chi connectivity index (χ1n) is 9.59. The Morgan fingerprint density at radius 1 is 1.21 bits per heavy atom. The van der Waals surface area contributed by atoms with Gasteiger partial charge in [0.25, 0.3) is 5.91 Å². The lowest BCUT2D eigenvalue weighted by Crippen LogP contribution is -2.43. The maximum absolute atomic E-state index is 12.7. The molecule has 1 aromatic heterocycles. The molecule has 29 heavy (non-hydrogen) atoms. The van der Waals surface area contributed by atoms with Gasteiger partial charge in [0, 0.05) is 43.5 Å². The van der Waals surface area contributed by atoms with Crippen LogP contribution >= 0.6 is 0 Å². The average Bonchev–Trinajstić information content (AvgIpc) is 3.05. The third-order valence-electron chi connectivity index (χ3n) is 4.69. The minimum absolute atomic E-state index is 0.121. The number of carbonyl (C=O) groups is 3. The molecule has 0 fully saturated rings. The lowest BCUT2D eigenvalue weighted by Gasteiger charge is -2.27. The number of urea groups is 1. The molecule has 3 rings (SSSR count). The molecule has 2 heterocycles. The van der Waals surface area contributed by atoms with Crippen LogP contribution in [0.15, 0.2) is 30.3 Å². The Morgan fingerprint density at radius 2 is 1.97 bits per heavy atom. The molecule has 2 aromatic rings. The first-order valence-corrected chi connectivity index (χ1v) is 9.59. The van der Waals surface area contributed by atoms with Gasteiger partial charge in [0.15, 0.2) is 5.69 Å². The molecule has 1 aliphatic heterocycles. The zero-order valence-electron chi connectivity index (χ0n) is 16.6. The van der Waals surface area contributed by atoms with Crippen molar-refractivity contribution in [3.8, 4) is 0 Å². The van der Waals surface area contributed by atoms with Crippen molar-refractivity contribution >= 4 is 23.6 Å². The highest BCUT2D eigenvalue weighted by molar-refractivity contribution is 6.04. The lowest BCUT2D eigenvalue weighted by atomic mass is 10.0. The topological polar surface area (TPSA) is 106 Å². The molecule has 0 unspecified atom stereocenters. The van der Waals surface area contributed by atoms with E-state index in [1.165, 1.54) is 0 Å². The first kappa shape index (κ1) is 20.4. The van der Waals surface area contributed by atoms with Gasteiger partial charge in [-0.05, 0) is 19.1 Å². The molecule has 0 aliphatic carbocycles. The summed E-state index contributed by atoms with van der Waals surface area (Å²) in [7, 11) is 1.80. The Hall–Kier alpha value is -3.36. The third-order valence-corrected chi connectivity index (χ3v) is 4.69. The highest BCUT2D eigenvalue weighted by Gasteiger charge is 2.29. The number of fused-ring (bicyclic) bond motifs is 1. The minimum Gasteiger partial charge on any atom is -0.466 e. The van der Waals surface area contributed by atoms with Crippen molar-refractivity contribution in [1.82, 2.24) is 20.0 Å². The molecular weight excluding hydrogens is 374 g/mol. The fraction of sp³-hybridized carbons (Fsp3) is 0.400. The summed E-state index contributed by atoms with van der Waals surface area (Å²) >= 11 is 0. The van der Waals surface area contributed by atoms with Gasteiger partial charge in [-0.15, -0.1) is 0 Å². The van der Waals surface area contributed by atoms with Gasteiger partial charge >= 0.3 is 12.0 Å². The predicted octanol–water partition coefficient (Wildman–Crippen LogP) is 1.69. The smallest absolute Gasteiger partial charge is 0.317 e. The number of rotatable bonds is 6. The molecule has 154 valence electrons. The summed E-state index contributed by atoms with van der Waals surface area (Å²) in [6.45, 7) is 3.05. The summed E-state index contributed by atoms with van der Waals surface area (Å²) in [5.41, 5.74) is 2.68. The molecule has 3 amide bonds. The third kappa shape index (κ3) is 4.92. The van der Waals surface area contributed by atoms with Crippen LogP contribution in [-0.4, -0.2) is 52.3 Å². The van der Waals surface area contributed by atoms with Crippen LogP contribution in [0.4, 0.5) is 10.5 Å².